The normalized spacial score (nSPS) is 9.55. The molecular weight excluding hydrogens is 142 g/mol. The molecule has 0 amide bonds. The summed E-state index contributed by atoms with van der Waals surface area (Å²) in [7, 11) is 0. The van der Waals surface area contributed by atoms with Crippen LogP contribution in [0, 0.1) is 0 Å². The maximum absolute atomic E-state index is 11.0. The third-order valence-corrected chi connectivity index (χ3v) is 1.29. The number of carbonyl (C=O) groups is 1. The van der Waals surface area contributed by atoms with E-state index in [1.807, 2.05) is 0 Å². The molecule has 0 aliphatic heterocycles. The Morgan fingerprint density at radius 2 is 2.27 bits per heavy atom. The van der Waals surface area contributed by atoms with Gasteiger partial charge >= 0.3 is 0 Å². The maximum atomic E-state index is 11.0. The number of rotatable bonds is 2. The summed E-state index contributed by atoms with van der Waals surface area (Å²) in [6.45, 7) is 1.62. The minimum Gasteiger partial charge on any atom is -0.308 e. The molecule has 1 aromatic rings. The van der Waals surface area contributed by atoms with Crippen molar-refractivity contribution in [2.24, 2.45) is 0 Å². The second-order valence-corrected chi connectivity index (χ2v) is 2.37. The number of aromatic nitrogens is 1. The van der Waals surface area contributed by atoms with Gasteiger partial charge in [-0.25, -0.2) is 0 Å². The number of nitrogens with zero attached hydrogens (tertiary/aromatic N) is 1. The van der Waals surface area contributed by atoms with E-state index in [1.165, 1.54) is 17.6 Å². The SMILES string of the molecule is CC(=O)Cn1ccccc1=O. The number of hydrogen-bond acceptors (Lipinski definition) is 2. The molecule has 0 saturated heterocycles. The van der Waals surface area contributed by atoms with Crippen LogP contribution >= 0.6 is 0 Å². The molecule has 3 nitrogen and oxygen atoms in total. The number of carbonyl (C=O) groups excluding carboxylic acids is 1. The van der Waals surface area contributed by atoms with Crippen LogP contribution in [0.3, 0.4) is 0 Å². The fourth-order valence-corrected chi connectivity index (χ4v) is 0.831. The molecule has 1 rings (SSSR count). The summed E-state index contributed by atoms with van der Waals surface area (Å²) in [6, 6.07) is 4.81. The molecule has 0 spiro atoms. The zero-order valence-electron chi connectivity index (χ0n) is 6.28. The Kier molecular flexibility index (Phi) is 2.21. The molecule has 0 N–H and O–H groups in total. The van der Waals surface area contributed by atoms with E-state index in [0.29, 0.717) is 0 Å². The van der Waals surface area contributed by atoms with Crippen molar-refractivity contribution in [1.82, 2.24) is 4.57 Å². The smallest absolute Gasteiger partial charge is 0.250 e. The zero-order chi connectivity index (χ0) is 8.27. The van der Waals surface area contributed by atoms with E-state index in [0.717, 1.165) is 0 Å². The summed E-state index contributed by atoms with van der Waals surface area (Å²) < 4.78 is 1.38. The molecule has 0 aromatic carbocycles. The number of ketones is 1. The average Bonchev–Trinajstić information content (AvgIpc) is 1.93. The van der Waals surface area contributed by atoms with Gasteiger partial charge in [0.2, 0.25) is 0 Å². The zero-order valence-corrected chi connectivity index (χ0v) is 6.28. The molecule has 11 heavy (non-hydrogen) atoms. The standard InChI is InChI=1S/C8H9NO2/c1-7(10)6-9-5-3-2-4-8(9)11/h2-5H,6H2,1H3. The van der Waals surface area contributed by atoms with Crippen molar-refractivity contribution >= 4 is 5.78 Å². The predicted molar refractivity (Wildman–Crippen MR) is 41.4 cm³/mol. The van der Waals surface area contributed by atoms with Crippen LogP contribution in [0.2, 0.25) is 0 Å². The topological polar surface area (TPSA) is 39.1 Å². The van der Waals surface area contributed by atoms with Crippen molar-refractivity contribution in [2.45, 2.75) is 13.5 Å². The fourth-order valence-electron chi connectivity index (χ4n) is 0.831. The first-order valence-corrected chi connectivity index (χ1v) is 3.35. The molecule has 0 fully saturated rings. The van der Waals surface area contributed by atoms with Crippen LogP contribution in [0.5, 0.6) is 0 Å². The Morgan fingerprint density at radius 3 is 2.82 bits per heavy atom. The van der Waals surface area contributed by atoms with Gasteiger partial charge in [-0.05, 0) is 13.0 Å². The maximum Gasteiger partial charge on any atom is 0.250 e. The number of hydrogen-bond donors (Lipinski definition) is 0. The van der Waals surface area contributed by atoms with Gasteiger partial charge in [0.15, 0.2) is 0 Å². The van der Waals surface area contributed by atoms with Gasteiger partial charge in [0, 0.05) is 12.3 Å². The van der Waals surface area contributed by atoms with Gasteiger partial charge < -0.3 is 4.57 Å². The molecule has 58 valence electrons. The first-order chi connectivity index (χ1) is 5.20. The van der Waals surface area contributed by atoms with E-state index >= 15 is 0 Å². The lowest BCUT2D eigenvalue weighted by atomic mass is 10.4. The molecular formula is C8H9NO2. The summed E-state index contributed by atoms with van der Waals surface area (Å²) in [5, 5.41) is 0. The quantitative estimate of drug-likeness (QED) is 0.615. The van der Waals surface area contributed by atoms with Gasteiger partial charge in [0.05, 0.1) is 6.54 Å². The molecule has 3 heteroatoms. The largest absolute Gasteiger partial charge is 0.308 e. The van der Waals surface area contributed by atoms with E-state index in [4.69, 9.17) is 0 Å². The molecule has 1 aromatic heterocycles. The van der Waals surface area contributed by atoms with Crippen LogP contribution < -0.4 is 5.56 Å². The first kappa shape index (κ1) is 7.72. The van der Waals surface area contributed by atoms with Crippen LogP contribution in [-0.2, 0) is 11.3 Å². The van der Waals surface area contributed by atoms with Crippen LogP contribution in [0.1, 0.15) is 6.92 Å². The van der Waals surface area contributed by atoms with Gasteiger partial charge in [-0.15, -0.1) is 0 Å². The highest BCUT2D eigenvalue weighted by Gasteiger charge is 1.95. The Labute approximate surface area is 64.3 Å². The summed E-state index contributed by atoms with van der Waals surface area (Å²) in [5.41, 5.74) is -0.136. The predicted octanol–water partition coefficient (Wildman–Crippen LogP) is 0.437. The average molecular weight is 151 g/mol. The van der Waals surface area contributed by atoms with Crippen molar-refractivity contribution in [3.05, 3.63) is 34.7 Å². The van der Waals surface area contributed by atoms with Crippen molar-refractivity contribution in [2.75, 3.05) is 0 Å². The minimum atomic E-state index is -0.136. The Balaban J connectivity index is 2.95. The third kappa shape index (κ3) is 2.04. The van der Waals surface area contributed by atoms with Gasteiger partial charge in [-0.3, -0.25) is 9.59 Å². The lowest BCUT2D eigenvalue weighted by molar-refractivity contribution is -0.117. The van der Waals surface area contributed by atoms with E-state index in [1.54, 1.807) is 18.3 Å². The second-order valence-electron chi connectivity index (χ2n) is 2.37. The van der Waals surface area contributed by atoms with E-state index in [9.17, 15) is 9.59 Å². The van der Waals surface area contributed by atoms with Crippen molar-refractivity contribution in [3.63, 3.8) is 0 Å². The highest BCUT2D eigenvalue weighted by atomic mass is 16.1. The van der Waals surface area contributed by atoms with E-state index < -0.39 is 0 Å². The Hall–Kier alpha value is -1.38. The van der Waals surface area contributed by atoms with Crippen LogP contribution in [0.25, 0.3) is 0 Å². The first-order valence-electron chi connectivity index (χ1n) is 3.35. The van der Waals surface area contributed by atoms with Crippen molar-refractivity contribution < 1.29 is 4.79 Å². The van der Waals surface area contributed by atoms with Gasteiger partial charge in [-0.2, -0.15) is 0 Å². The Morgan fingerprint density at radius 1 is 1.55 bits per heavy atom. The van der Waals surface area contributed by atoms with Gasteiger partial charge in [0.1, 0.15) is 5.78 Å². The molecule has 0 unspecified atom stereocenters. The van der Waals surface area contributed by atoms with Crippen LogP contribution in [-0.4, -0.2) is 10.4 Å². The minimum absolute atomic E-state index is 0.0155. The van der Waals surface area contributed by atoms with Gasteiger partial charge in [0.25, 0.3) is 5.56 Å². The summed E-state index contributed by atoms with van der Waals surface area (Å²) >= 11 is 0. The molecule has 0 aliphatic carbocycles. The van der Waals surface area contributed by atoms with Crippen LogP contribution in [0.15, 0.2) is 29.2 Å². The van der Waals surface area contributed by atoms with Crippen LogP contribution in [0.4, 0.5) is 0 Å². The fraction of sp³-hybridized carbons (Fsp3) is 0.250. The number of pyridine rings is 1. The number of Topliss-reactive ketones (excluding diaryl/α,β-unsaturated/α-hetero) is 1. The molecule has 0 radical (unpaired) electrons. The molecule has 1 heterocycles. The lowest BCUT2D eigenvalue weighted by Crippen LogP contribution is -2.20. The van der Waals surface area contributed by atoms with Crippen molar-refractivity contribution in [3.8, 4) is 0 Å². The molecule has 0 aliphatic rings. The Bertz CT molecular complexity index is 314. The molecule has 0 bridgehead atoms. The molecule has 0 saturated carbocycles. The van der Waals surface area contributed by atoms with E-state index in [-0.39, 0.29) is 17.9 Å². The van der Waals surface area contributed by atoms with Gasteiger partial charge in [-0.1, -0.05) is 6.07 Å². The van der Waals surface area contributed by atoms with E-state index in [2.05, 4.69) is 0 Å². The van der Waals surface area contributed by atoms with Crippen molar-refractivity contribution in [1.29, 1.82) is 0 Å². The summed E-state index contributed by atoms with van der Waals surface area (Å²) in [5.74, 6) is -0.0155. The monoisotopic (exact) mass is 151 g/mol. The second kappa shape index (κ2) is 3.14. The lowest BCUT2D eigenvalue weighted by Gasteiger charge is -1.99. The highest BCUT2D eigenvalue weighted by Crippen LogP contribution is 1.82. The summed E-state index contributed by atoms with van der Waals surface area (Å²) in [6.07, 6.45) is 1.60. The third-order valence-electron chi connectivity index (χ3n) is 1.29. The molecule has 0 atom stereocenters. The summed E-state index contributed by atoms with van der Waals surface area (Å²) in [4.78, 5) is 21.6. The highest BCUT2D eigenvalue weighted by molar-refractivity contribution is 5.75.